The van der Waals surface area contributed by atoms with Gasteiger partial charge in [0.05, 0.1) is 21.5 Å². The van der Waals surface area contributed by atoms with Crippen molar-refractivity contribution in [2.75, 3.05) is 16.8 Å². The van der Waals surface area contributed by atoms with Gasteiger partial charge in [0.2, 0.25) is 5.91 Å². The maximum atomic E-state index is 12.0. The zero-order chi connectivity index (χ0) is 15.4. The number of halogens is 3. The Hall–Kier alpha value is -0.880. The van der Waals surface area contributed by atoms with Crippen LogP contribution < -0.4 is 11.1 Å². The first-order valence-corrected chi connectivity index (χ1v) is 8.42. The smallest absolute Gasteiger partial charge is 0.234 e. The zero-order valence-corrected chi connectivity index (χ0v) is 14.6. The van der Waals surface area contributed by atoms with Gasteiger partial charge in [-0.25, -0.2) is 0 Å². The van der Waals surface area contributed by atoms with Gasteiger partial charge in [0, 0.05) is 15.1 Å². The van der Waals surface area contributed by atoms with E-state index < -0.39 is 0 Å². The van der Waals surface area contributed by atoms with Crippen LogP contribution in [0.15, 0.2) is 45.8 Å². The van der Waals surface area contributed by atoms with E-state index in [0.717, 1.165) is 9.37 Å². The van der Waals surface area contributed by atoms with Crippen LogP contribution in [0.25, 0.3) is 0 Å². The largest absolute Gasteiger partial charge is 0.398 e. The molecule has 2 aromatic carbocycles. The summed E-state index contributed by atoms with van der Waals surface area (Å²) in [6, 6.07) is 10.6. The van der Waals surface area contributed by atoms with Gasteiger partial charge in [0.15, 0.2) is 0 Å². The lowest BCUT2D eigenvalue weighted by Gasteiger charge is -2.09. The average molecular weight is 406 g/mol. The Bertz CT molecular complexity index is 662. The number of benzene rings is 2. The van der Waals surface area contributed by atoms with Crippen LogP contribution >= 0.6 is 50.9 Å². The summed E-state index contributed by atoms with van der Waals surface area (Å²) < 4.78 is 0.900. The SMILES string of the molecule is Nc1cc(Br)ccc1SCC(=O)Nc1c(Cl)cccc1Cl. The number of carbonyl (C=O) groups is 1. The van der Waals surface area contributed by atoms with Crippen LogP contribution in [0.4, 0.5) is 11.4 Å². The standard InChI is InChI=1S/C14H11BrCl2N2OS/c15-8-4-5-12(11(18)6-8)21-7-13(20)19-14-9(16)2-1-3-10(14)17/h1-6H,7,18H2,(H,19,20). The van der Waals surface area contributed by atoms with E-state index in [9.17, 15) is 4.79 Å². The molecule has 3 N–H and O–H groups in total. The molecule has 0 bridgehead atoms. The highest BCUT2D eigenvalue weighted by Crippen LogP contribution is 2.31. The second kappa shape index (κ2) is 7.40. The van der Waals surface area contributed by atoms with E-state index in [1.807, 2.05) is 12.1 Å². The lowest BCUT2D eigenvalue weighted by Crippen LogP contribution is -2.14. The second-order valence-electron chi connectivity index (χ2n) is 4.12. The van der Waals surface area contributed by atoms with Gasteiger partial charge < -0.3 is 11.1 Å². The first-order valence-electron chi connectivity index (χ1n) is 5.89. The minimum Gasteiger partial charge on any atom is -0.398 e. The summed E-state index contributed by atoms with van der Waals surface area (Å²) in [6.07, 6.45) is 0. The number of thioether (sulfide) groups is 1. The minimum absolute atomic E-state index is 0.197. The van der Waals surface area contributed by atoms with Gasteiger partial charge in [-0.2, -0.15) is 0 Å². The van der Waals surface area contributed by atoms with Gasteiger partial charge in [0.25, 0.3) is 0 Å². The lowest BCUT2D eigenvalue weighted by atomic mass is 10.3. The van der Waals surface area contributed by atoms with Crippen LogP contribution in [-0.2, 0) is 4.79 Å². The molecule has 0 aliphatic heterocycles. The highest BCUT2D eigenvalue weighted by Gasteiger charge is 2.10. The molecule has 2 aromatic rings. The van der Waals surface area contributed by atoms with Crippen molar-refractivity contribution in [1.29, 1.82) is 0 Å². The van der Waals surface area contributed by atoms with Gasteiger partial charge >= 0.3 is 0 Å². The van der Waals surface area contributed by atoms with Crippen LogP contribution in [-0.4, -0.2) is 11.7 Å². The Morgan fingerprint density at radius 1 is 1.24 bits per heavy atom. The number of hydrogen-bond donors (Lipinski definition) is 2. The third-order valence-corrected chi connectivity index (χ3v) is 4.77. The number of nitrogen functional groups attached to an aromatic ring is 1. The normalized spacial score (nSPS) is 10.4. The van der Waals surface area contributed by atoms with Crippen LogP contribution in [0.2, 0.25) is 10.0 Å². The topological polar surface area (TPSA) is 55.1 Å². The Kier molecular flexibility index (Phi) is 5.81. The van der Waals surface area contributed by atoms with Crippen molar-refractivity contribution in [2.45, 2.75) is 4.90 Å². The van der Waals surface area contributed by atoms with Crippen LogP contribution in [0.3, 0.4) is 0 Å². The Morgan fingerprint density at radius 3 is 2.52 bits per heavy atom. The fourth-order valence-electron chi connectivity index (χ4n) is 1.59. The maximum Gasteiger partial charge on any atom is 0.234 e. The summed E-state index contributed by atoms with van der Waals surface area (Å²) in [7, 11) is 0. The van der Waals surface area contributed by atoms with Gasteiger partial charge in [-0.05, 0) is 30.3 Å². The van der Waals surface area contributed by atoms with Crippen molar-refractivity contribution in [3.8, 4) is 0 Å². The highest BCUT2D eigenvalue weighted by molar-refractivity contribution is 9.10. The number of carbonyl (C=O) groups excluding carboxylic acids is 1. The first kappa shape index (κ1) is 16.5. The molecular formula is C14H11BrCl2N2OS. The Morgan fingerprint density at radius 2 is 1.90 bits per heavy atom. The number of anilines is 2. The number of nitrogens with one attached hydrogen (secondary N) is 1. The summed E-state index contributed by atoms with van der Waals surface area (Å²) in [6.45, 7) is 0. The molecule has 0 aromatic heterocycles. The van der Waals surface area contributed by atoms with E-state index in [2.05, 4.69) is 21.2 Å². The van der Waals surface area contributed by atoms with Crippen molar-refractivity contribution in [1.82, 2.24) is 0 Å². The minimum atomic E-state index is -0.197. The van der Waals surface area contributed by atoms with E-state index >= 15 is 0 Å². The zero-order valence-electron chi connectivity index (χ0n) is 10.7. The van der Waals surface area contributed by atoms with E-state index in [1.165, 1.54) is 11.8 Å². The first-order chi connectivity index (χ1) is 9.97. The average Bonchev–Trinajstić information content (AvgIpc) is 2.42. The number of rotatable bonds is 4. The summed E-state index contributed by atoms with van der Waals surface area (Å²) in [5.41, 5.74) is 6.93. The molecule has 0 aliphatic carbocycles. The van der Waals surface area contributed by atoms with E-state index in [-0.39, 0.29) is 11.7 Å². The summed E-state index contributed by atoms with van der Waals surface area (Å²) >= 11 is 16.7. The number of para-hydroxylation sites is 1. The molecule has 3 nitrogen and oxygen atoms in total. The fourth-order valence-corrected chi connectivity index (χ4v) is 3.21. The van der Waals surface area contributed by atoms with Gasteiger partial charge in [-0.1, -0.05) is 45.2 Å². The van der Waals surface area contributed by atoms with E-state index in [4.69, 9.17) is 28.9 Å². The van der Waals surface area contributed by atoms with Crippen molar-refractivity contribution in [3.05, 3.63) is 50.9 Å². The second-order valence-corrected chi connectivity index (χ2v) is 6.86. The van der Waals surface area contributed by atoms with Crippen LogP contribution in [0.5, 0.6) is 0 Å². The van der Waals surface area contributed by atoms with Crippen LogP contribution in [0, 0.1) is 0 Å². The monoisotopic (exact) mass is 404 g/mol. The Balaban J connectivity index is 1.99. The molecule has 0 unspecified atom stereocenters. The molecule has 7 heteroatoms. The lowest BCUT2D eigenvalue weighted by molar-refractivity contribution is -0.113. The molecule has 0 fully saturated rings. The molecule has 0 saturated heterocycles. The van der Waals surface area contributed by atoms with E-state index in [1.54, 1.807) is 24.3 Å². The third kappa shape index (κ3) is 4.54. The number of hydrogen-bond acceptors (Lipinski definition) is 3. The molecule has 1 amide bonds. The molecule has 2 rings (SSSR count). The third-order valence-electron chi connectivity index (χ3n) is 2.56. The molecule has 21 heavy (non-hydrogen) atoms. The van der Waals surface area contributed by atoms with Crippen molar-refractivity contribution in [3.63, 3.8) is 0 Å². The van der Waals surface area contributed by atoms with Crippen molar-refractivity contribution >= 4 is 68.2 Å². The maximum absolute atomic E-state index is 12.0. The quantitative estimate of drug-likeness (QED) is 0.551. The fraction of sp³-hybridized carbons (Fsp3) is 0.0714. The Labute approximate surface area is 145 Å². The predicted octanol–water partition coefficient (Wildman–Crippen LogP) is 5.07. The predicted molar refractivity (Wildman–Crippen MR) is 94.4 cm³/mol. The molecule has 110 valence electrons. The van der Waals surface area contributed by atoms with Crippen molar-refractivity contribution in [2.24, 2.45) is 0 Å². The molecule has 0 spiro atoms. The van der Waals surface area contributed by atoms with Gasteiger partial charge in [-0.15, -0.1) is 11.8 Å². The summed E-state index contributed by atoms with van der Waals surface area (Å²) in [5.74, 6) is 0.0187. The molecule has 0 radical (unpaired) electrons. The molecular weight excluding hydrogens is 395 g/mol. The number of amides is 1. The van der Waals surface area contributed by atoms with Crippen LogP contribution in [0.1, 0.15) is 0 Å². The molecule has 0 atom stereocenters. The van der Waals surface area contributed by atoms with Gasteiger partial charge in [-0.3, -0.25) is 4.79 Å². The highest BCUT2D eigenvalue weighted by atomic mass is 79.9. The molecule has 0 aliphatic rings. The summed E-state index contributed by atoms with van der Waals surface area (Å²) in [4.78, 5) is 12.8. The summed E-state index contributed by atoms with van der Waals surface area (Å²) in [5, 5.41) is 3.52. The molecule has 0 saturated carbocycles. The van der Waals surface area contributed by atoms with E-state index in [0.29, 0.717) is 21.4 Å². The number of nitrogens with two attached hydrogens (primary N) is 1. The van der Waals surface area contributed by atoms with Crippen molar-refractivity contribution < 1.29 is 4.79 Å². The molecule has 0 heterocycles. The van der Waals surface area contributed by atoms with Gasteiger partial charge in [0.1, 0.15) is 0 Å².